The fourth-order valence-corrected chi connectivity index (χ4v) is 3.83. The van der Waals surface area contributed by atoms with Gasteiger partial charge in [-0.2, -0.15) is 0 Å². The van der Waals surface area contributed by atoms with Gasteiger partial charge in [0.2, 0.25) is 0 Å². The molecule has 0 amide bonds. The van der Waals surface area contributed by atoms with Crippen LogP contribution in [0.15, 0.2) is 72.8 Å². The van der Waals surface area contributed by atoms with E-state index in [2.05, 4.69) is 24.3 Å². The van der Waals surface area contributed by atoms with E-state index in [0.717, 1.165) is 34.1 Å². The maximum absolute atomic E-state index is 13.4. The van der Waals surface area contributed by atoms with E-state index >= 15 is 0 Å². The summed E-state index contributed by atoms with van der Waals surface area (Å²) in [7, 11) is 0. The molecule has 0 heterocycles. The molecule has 0 aliphatic heterocycles. The van der Waals surface area contributed by atoms with E-state index in [-0.39, 0.29) is 5.82 Å². The third-order valence-corrected chi connectivity index (χ3v) is 4.79. The molecule has 0 aromatic heterocycles. The summed E-state index contributed by atoms with van der Waals surface area (Å²) in [6, 6.07) is 22.8. The molecule has 0 unspecified atom stereocenters. The van der Waals surface area contributed by atoms with Crippen molar-refractivity contribution in [1.82, 2.24) is 0 Å². The van der Waals surface area contributed by atoms with Gasteiger partial charge in [0.25, 0.3) is 0 Å². The number of aldehydes is 1. The van der Waals surface area contributed by atoms with Gasteiger partial charge in [-0.25, -0.2) is 4.39 Å². The topological polar surface area (TPSA) is 17.1 Å². The quantitative estimate of drug-likeness (QED) is 0.639. The third kappa shape index (κ3) is 1.88. The van der Waals surface area contributed by atoms with Crippen LogP contribution in [0.4, 0.5) is 4.39 Å². The van der Waals surface area contributed by atoms with E-state index in [9.17, 15) is 9.18 Å². The summed E-state index contributed by atoms with van der Waals surface area (Å²) in [6.45, 7) is 0. The lowest BCUT2D eigenvalue weighted by molar-refractivity contribution is -0.108. The van der Waals surface area contributed by atoms with Crippen molar-refractivity contribution >= 4 is 6.29 Å². The monoisotopic (exact) mass is 302 g/mol. The van der Waals surface area contributed by atoms with Crippen LogP contribution >= 0.6 is 0 Å². The van der Waals surface area contributed by atoms with Crippen LogP contribution in [-0.4, -0.2) is 6.29 Å². The zero-order chi connectivity index (χ0) is 15.9. The molecule has 0 spiro atoms. The Hall–Kier alpha value is -2.74. The van der Waals surface area contributed by atoms with Crippen molar-refractivity contribution in [3.05, 3.63) is 95.3 Å². The Bertz CT molecular complexity index is 835. The second kappa shape index (κ2) is 5.17. The summed E-state index contributed by atoms with van der Waals surface area (Å²) in [5, 5.41) is 0. The van der Waals surface area contributed by atoms with Crippen LogP contribution in [0.25, 0.3) is 11.1 Å². The van der Waals surface area contributed by atoms with Gasteiger partial charge < -0.3 is 4.79 Å². The van der Waals surface area contributed by atoms with Crippen molar-refractivity contribution in [1.29, 1.82) is 0 Å². The molecule has 0 N–H and O–H groups in total. The van der Waals surface area contributed by atoms with Crippen LogP contribution in [0.2, 0.25) is 0 Å². The fraction of sp³-hybridized carbons (Fsp3) is 0.0952. The van der Waals surface area contributed by atoms with E-state index in [4.69, 9.17) is 0 Å². The maximum Gasteiger partial charge on any atom is 0.123 e. The van der Waals surface area contributed by atoms with Gasteiger partial charge in [-0.1, -0.05) is 60.7 Å². The second-order valence-corrected chi connectivity index (χ2v) is 5.87. The normalized spacial score (nSPS) is 14.1. The summed E-state index contributed by atoms with van der Waals surface area (Å²) >= 11 is 0. The highest BCUT2D eigenvalue weighted by molar-refractivity contribution is 5.85. The molecule has 2 heteroatoms. The third-order valence-electron chi connectivity index (χ3n) is 4.79. The maximum atomic E-state index is 13.4. The number of carbonyl (C=O) groups is 1. The van der Waals surface area contributed by atoms with Crippen LogP contribution < -0.4 is 0 Å². The minimum atomic E-state index is -0.539. The van der Waals surface area contributed by atoms with Gasteiger partial charge in [0.15, 0.2) is 0 Å². The minimum Gasteiger partial charge on any atom is -0.303 e. The highest BCUT2D eigenvalue weighted by Crippen LogP contribution is 2.53. The first-order valence-corrected chi connectivity index (χ1v) is 7.66. The molecule has 0 radical (unpaired) electrons. The van der Waals surface area contributed by atoms with Gasteiger partial charge >= 0.3 is 0 Å². The molecule has 0 atom stereocenters. The molecule has 1 aliphatic rings. The number of benzene rings is 3. The van der Waals surface area contributed by atoms with E-state index in [1.54, 1.807) is 12.1 Å². The summed E-state index contributed by atoms with van der Waals surface area (Å²) in [4.78, 5) is 11.6. The summed E-state index contributed by atoms with van der Waals surface area (Å²) < 4.78 is 13.4. The number of halogens is 1. The van der Waals surface area contributed by atoms with Crippen molar-refractivity contribution in [2.45, 2.75) is 11.8 Å². The van der Waals surface area contributed by atoms with Crippen LogP contribution in [0.5, 0.6) is 0 Å². The number of carbonyl (C=O) groups excluding carboxylic acids is 1. The first kappa shape index (κ1) is 13.9. The average molecular weight is 302 g/mol. The van der Waals surface area contributed by atoms with Gasteiger partial charge in [0, 0.05) is 6.42 Å². The predicted molar refractivity (Wildman–Crippen MR) is 88.8 cm³/mol. The van der Waals surface area contributed by atoms with E-state index in [1.165, 1.54) is 12.1 Å². The molecule has 112 valence electrons. The summed E-state index contributed by atoms with van der Waals surface area (Å²) in [5.74, 6) is -0.269. The van der Waals surface area contributed by atoms with E-state index in [0.29, 0.717) is 6.42 Å². The Morgan fingerprint density at radius 3 is 1.83 bits per heavy atom. The van der Waals surface area contributed by atoms with Crippen molar-refractivity contribution in [3.8, 4) is 11.1 Å². The Labute approximate surface area is 134 Å². The molecule has 23 heavy (non-hydrogen) atoms. The summed E-state index contributed by atoms with van der Waals surface area (Å²) in [5.41, 5.74) is 4.93. The van der Waals surface area contributed by atoms with Crippen molar-refractivity contribution in [3.63, 3.8) is 0 Å². The predicted octanol–water partition coefficient (Wildman–Crippen LogP) is 4.73. The van der Waals surface area contributed by atoms with E-state index < -0.39 is 5.41 Å². The number of hydrogen-bond acceptors (Lipinski definition) is 1. The smallest absolute Gasteiger partial charge is 0.123 e. The van der Waals surface area contributed by atoms with Gasteiger partial charge in [-0.15, -0.1) is 0 Å². The van der Waals surface area contributed by atoms with E-state index in [1.807, 2.05) is 24.3 Å². The molecular formula is C21H15FO. The van der Waals surface area contributed by atoms with Gasteiger partial charge in [0.05, 0.1) is 5.41 Å². The number of rotatable bonds is 3. The molecule has 0 fully saturated rings. The SMILES string of the molecule is O=CCC1(c2ccc(F)cc2)c2ccccc2-c2ccccc21. The molecule has 3 aromatic rings. The molecular weight excluding hydrogens is 287 g/mol. The van der Waals surface area contributed by atoms with Gasteiger partial charge in [-0.05, 0) is 39.9 Å². The largest absolute Gasteiger partial charge is 0.303 e. The van der Waals surface area contributed by atoms with Crippen molar-refractivity contribution in [2.24, 2.45) is 0 Å². The highest BCUT2D eigenvalue weighted by atomic mass is 19.1. The first-order chi connectivity index (χ1) is 11.3. The van der Waals surface area contributed by atoms with Crippen LogP contribution in [0.3, 0.4) is 0 Å². The van der Waals surface area contributed by atoms with Crippen molar-refractivity contribution < 1.29 is 9.18 Å². The minimum absolute atomic E-state index is 0.269. The molecule has 0 saturated carbocycles. The molecule has 0 saturated heterocycles. The molecule has 3 aromatic carbocycles. The Morgan fingerprint density at radius 1 is 0.783 bits per heavy atom. The second-order valence-electron chi connectivity index (χ2n) is 5.87. The first-order valence-electron chi connectivity index (χ1n) is 7.66. The van der Waals surface area contributed by atoms with Crippen LogP contribution in [0.1, 0.15) is 23.1 Å². The molecule has 1 nitrogen and oxygen atoms in total. The highest BCUT2D eigenvalue weighted by Gasteiger charge is 2.43. The number of hydrogen-bond donors (Lipinski definition) is 0. The zero-order valence-corrected chi connectivity index (χ0v) is 12.5. The fourth-order valence-electron chi connectivity index (χ4n) is 3.83. The Kier molecular flexibility index (Phi) is 3.12. The van der Waals surface area contributed by atoms with Crippen LogP contribution in [0, 0.1) is 5.82 Å². The standard InChI is InChI=1S/C21H15FO/c22-16-11-9-15(10-12-16)21(13-14-23)19-7-3-1-5-17(19)18-6-2-4-8-20(18)21/h1-12,14H,13H2. The van der Waals surface area contributed by atoms with Crippen molar-refractivity contribution in [2.75, 3.05) is 0 Å². The average Bonchev–Trinajstić information content (AvgIpc) is 2.88. The lowest BCUT2D eigenvalue weighted by Crippen LogP contribution is -2.27. The summed E-state index contributed by atoms with van der Waals surface area (Å²) in [6.07, 6.45) is 1.30. The zero-order valence-electron chi connectivity index (χ0n) is 12.5. The lowest BCUT2D eigenvalue weighted by Gasteiger charge is -2.31. The Morgan fingerprint density at radius 2 is 1.30 bits per heavy atom. The van der Waals surface area contributed by atoms with Gasteiger partial charge in [-0.3, -0.25) is 0 Å². The molecule has 4 rings (SSSR count). The molecule has 1 aliphatic carbocycles. The van der Waals surface area contributed by atoms with Crippen LogP contribution in [-0.2, 0) is 10.2 Å². The van der Waals surface area contributed by atoms with Gasteiger partial charge in [0.1, 0.15) is 12.1 Å². The Balaban J connectivity index is 2.10. The lowest BCUT2D eigenvalue weighted by atomic mass is 9.70. The molecule has 0 bridgehead atoms. The number of fused-ring (bicyclic) bond motifs is 3.